The number of thiazole rings is 1. The molecular weight excluding hydrogens is 427 g/mol. The lowest BCUT2D eigenvalue weighted by atomic mass is 10.2. The molecule has 4 rings (SSSR count). The highest BCUT2D eigenvalue weighted by atomic mass is 35.5. The van der Waals surface area contributed by atoms with Gasteiger partial charge in [-0.25, -0.2) is 9.37 Å². The van der Waals surface area contributed by atoms with Crippen LogP contribution in [0.1, 0.15) is 22.1 Å². The second kappa shape index (κ2) is 8.68. The van der Waals surface area contributed by atoms with Crippen molar-refractivity contribution in [2.24, 2.45) is 0 Å². The van der Waals surface area contributed by atoms with E-state index in [0.29, 0.717) is 28.6 Å². The van der Waals surface area contributed by atoms with Gasteiger partial charge in [0, 0.05) is 22.5 Å². The van der Waals surface area contributed by atoms with Gasteiger partial charge in [0.1, 0.15) is 11.5 Å². The van der Waals surface area contributed by atoms with E-state index in [2.05, 4.69) is 25.8 Å². The number of nitrogens with zero attached hydrogens (tertiary/aromatic N) is 5. The molecule has 1 amide bonds. The topological polar surface area (TPSA) is 85.6 Å². The van der Waals surface area contributed by atoms with Gasteiger partial charge in [0.2, 0.25) is 5.91 Å². The minimum absolute atomic E-state index is 0.114. The average Bonchev–Trinajstić information content (AvgIpc) is 3.32. The maximum Gasteiger partial charge on any atom is 0.230 e. The molecule has 1 N–H and O–H groups in total. The molecule has 0 spiro atoms. The van der Waals surface area contributed by atoms with Gasteiger partial charge < -0.3 is 5.32 Å². The summed E-state index contributed by atoms with van der Waals surface area (Å²) in [5, 5.41) is 17.2. The summed E-state index contributed by atoms with van der Waals surface area (Å²) in [7, 11) is 0. The second-order valence-electron chi connectivity index (χ2n) is 6.57. The van der Waals surface area contributed by atoms with Crippen molar-refractivity contribution in [3.05, 3.63) is 80.8 Å². The van der Waals surface area contributed by atoms with E-state index < -0.39 is 5.82 Å². The van der Waals surface area contributed by atoms with Gasteiger partial charge in [0.25, 0.3) is 0 Å². The highest BCUT2D eigenvalue weighted by Gasteiger charge is 2.13. The molecule has 0 saturated carbocycles. The van der Waals surface area contributed by atoms with E-state index in [-0.39, 0.29) is 18.0 Å². The zero-order valence-electron chi connectivity index (χ0n) is 15.8. The molecular formula is C20H16ClFN6OS. The number of amides is 1. The first-order valence-corrected chi connectivity index (χ1v) is 10.3. The van der Waals surface area contributed by atoms with E-state index in [1.165, 1.54) is 34.2 Å². The maximum absolute atomic E-state index is 14.2. The van der Waals surface area contributed by atoms with Gasteiger partial charge in [0.05, 0.1) is 17.1 Å². The van der Waals surface area contributed by atoms with Crippen LogP contribution in [-0.4, -0.2) is 31.1 Å². The highest BCUT2D eigenvalue weighted by molar-refractivity contribution is 7.09. The number of hydrogen-bond acceptors (Lipinski definition) is 6. The zero-order valence-corrected chi connectivity index (χ0v) is 17.4. The molecule has 0 aliphatic carbocycles. The van der Waals surface area contributed by atoms with Crippen LogP contribution in [0.5, 0.6) is 0 Å². The number of anilines is 1. The van der Waals surface area contributed by atoms with Crippen LogP contribution < -0.4 is 5.32 Å². The molecule has 0 unspecified atom stereocenters. The van der Waals surface area contributed by atoms with Crippen LogP contribution in [0, 0.1) is 12.7 Å². The van der Waals surface area contributed by atoms with Crippen LogP contribution in [-0.2, 0) is 17.6 Å². The number of aryl methyl sites for hydroxylation is 1. The smallest absolute Gasteiger partial charge is 0.230 e. The molecule has 2 aromatic carbocycles. The number of halogens is 2. The Morgan fingerprint density at radius 1 is 1.27 bits per heavy atom. The van der Waals surface area contributed by atoms with Crippen molar-refractivity contribution in [3.63, 3.8) is 0 Å². The second-order valence-corrected chi connectivity index (χ2v) is 7.95. The third kappa shape index (κ3) is 4.69. The summed E-state index contributed by atoms with van der Waals surface area (Å²) in [6.07, 6.45) is 0.766. The van der Waals surface area contributed by atoms with Crippen LogP contribution in [0.4, 0.5) is 10.1 Å². The number of aromatic nitrogens is 5. The Morgan fingerprint density at radius 2 is 2.13 bits per heavy atom. The number of hydrogen-bond donors (Lipinski definition) is 1. The number of nitrogens with one attached hydrogen (secondary N) is 1. The number of rotatable bonds is 6. The SMILES string of the molecule is Cc1nnnn1-c1cc(NC(=O)Cc2csc(Cc3cccc(Cl)c3)n2)ccc1F. The molecule has 0 fully saturated rings. The molecule has 0 atom stereocenters. The molecule has 10 heteroatoms. The number of carbonyl (C=O) groups excluding carboxylic acids is 1. The summed E-state index contributed by atoms with van der Waals surface area (Å²) in [4.78, 5) is 17.0. The normalized spacial score (nSPS) is 10.9. The first-order valence-electron chi connectivity index (χ1n) is 9.00. The van der Waals surface area contributed by atoms with Crippen molar-refractivity contribution in [2.75, 3.05) is 5.32 Å². The summed E-state index contributed by atoms with van der Waals surface area (Å²) < 4.78 is 15.4. The van der Waals surface area contributed by atoms with E-state index in [1.54, 1.807) is 6.92 Å². The zero-order chi connectivity index (χ0) is 21.1. The van der Waals surface area contributed by atoms with Gasteiger partial charge >= 0.3 is 0 Å². The standard InChI is InChI=1S/C20H16ClFN6OS/c1-12-25-26-27-28(12)18-9-15(5-6-17(18)22)23-19(29)10-16-11-30-20(24-16)8-13-3-2-4-14(21)7-13/h2-7,9,11H,8,10H2,1H3,(H,23,29). The molecule has 0 aliphatic heterocycles. The Morgan fingerprint density at radius 3 is 2.90 bits per heavy atom. The number of carbonyl (C=O) groups is 1. The lowest BCUT2D eigenvalue weighted by molar-refractivity contribution is -0.115. The molecule has 2 heterocycles. The van der Waals surface area contributed by atoms with Gasteiger partial charge in [-0.2, -0.15) is 4.68 Å². The van der Waals surface area contributed by atoms with Gasteiger partial charge in [-0.3, -0.25) is 4.79 Å². The molecule has 0 radical (unpaired) electrons. The molecule has 0 bridgehead atoms. The summed E-state index contributed by atoms with van der Waals surface area (Å²) in [6, 6.07) is 11.8. The summed E-state index contributed by atoms with van der Waals surface area (Å²) in [5.41, 5.74) is 2.34. The fourth-order valence-corrected chi connectivity index (χ4v) is 3.95. The van der Waals surface area contributed by atoms with Crippen molar-refractivity contribution < 1.29 is 9.18 Å². The fraction of sp³-hybridized carbons (Fsp3) is 0.150. The van der Waals surface area contributed by atoms with Crippen molar-refractivity contribution in [3.8, 4) is 5.69 Å². The molecule has 152 valence electrons. The van der Waals surface area contributed by atoms with Crippen LogP contribution in [0.25, 0.3) is 5.69 Å². The third-order valence-electron chi connectivity index (χ3n) is 4.27. The molecule has 7 nitrogen and oxygen atoms in total. The summed E-state index contributed by atoms with van der Waals surface area (Å²) in [6.45, 7) is 1.66. The largest absolute Gasteiger partial charge is 0.326 e. The first-order chi connectivity index (χ1) is 14.5. The van der Waals surface area contributed by atoms with Crippen LogP contribution in [0.3, 0.4) is 0 Å². The Bertz CT molecular complexity index is 1210. The van der Waals surface area contributed by atoms with Crippen LogP contribution in [0.15, 0.2) is 47.8 Å². The quantitative estimate of drug-likeness (QED) is 0.488. The summed E-state index contributed by atoms with van der Waals surface area (Å²) >= 11 is 7.51. The number of tetrazole rings is 1. The fourth-order valence-electron chi connectivity index (χ4n) is 2.91. The van der Waals surface area contributed by atoms with Gasteiger partial charge in [-0.1, -0.05) is 23.7 Å². The van der Waals surface area contributed by atoms with E-state index in [1.807, 2.05) is 29.6 Å². The lowest BCUT2D eigenvalue weighted by Gasteiger charge is -2.08. The predicted molar refractivity (Wildman–Crippen MR) is 113 cm³/mol. The monoisotopic (exact) mass is 442 g/mol. The number of benzene rings is 2. The molecule has 0 saturated heterocycles. The van der Waals surface area contributed by atoms with Gasteiger partial charge in [0.15, 0.2) is 5.82 Å². The van der Waals surface area contributed by atoms with Gasteiger partial charge in [-0.15, -0.1) is 16.4 Å². The molecule has 30 heavy (non-hydrogen) atoms. The average molecular weight is 443 g/mol. The predicted octanol–water partition coefficient (Wildman–Crippen LogP) is 3.99. The van der Waals surface area contributed by atoms with Crippen molar-refractivity contribution in [2.45, 2.75) is 19.8 Å². The maximum atomic E-state index is 14.2. The minimum Gasteiger partial charge on any atom is -0.326 e. The van der Waals surface area contributed by atoms with E-state index in [4.69, 9.17) is 11.6 Å². The van der Waals surface area contributed by atoms with E-state index in [9.17, 15) is 9.18 Å². The van der Waals surface area contributed by atoms with E-state index >= 15 is 0 Å². The van der Waals surface area contributed by atoms with E-state index in [0.717, 1.165) is 10.6 Å². The Kier molecular flexibility index (Phi) is 5.82. The van der Waals surface area contributed by atoms with Crippen molar-refractivity contribution in [1.82, 2.24) is 25.2 Å². The van der Waals surface area contributed by atoms with Crippen LogP contribution >= 0.6 is 22.9 Å². The Hall–Kier alpha value is -3.17. The summed E-state index contributed by atoms with van der Waals surface area (Å²) in [5.74, 6) is -0.304. The van der Waals surface area contributed by atoms with Crippen molar-refractivity contribution >= 4 is 34.5 Å². The van der Waals surface area contributed by atoms with Gasteiger partial charge in [-0.05, 0) is 53.2 Å². The lowest BCUT2D eigenvalue weighted by Crippen LogP contribution is -2.15. The first kappa shape index (κ1) is 20.1. The molecule has 2 aromatic heterocycles. The van der Waals surface area contributed by atoms with Crippen molar-refractivity contribution in [1.29, 1.82) is 0 Å². The minimum atomic E-state index is -0.492. The Balaban J connectivity index is 1.42. The third-order valence-corrected chi connectivity index (χ3v) is 5.40. The Labute approximate surface area is 180 Å². The highest BCUT2D eigenvalue weighted by Crippen LogP contribution is 2.20. The molecule has 0 aliphatic rings. The molecule has 4 aromatic rings. The van der Waals surface area contributed by atoms with Crippen LogP contribution in [0.2, 0.25) is 5.02 Å².